The van der Waals surface area contributed by atoms with Gasteiger partial charge in [0.15, 0.2) is 0 Å². The molecule has 0 radical (unpaired) electrons. The second-order valence-corrected chi connectivity index (χ2v) is 5.09. The highest BCUT2D eigenvalue weighted by molar-refractivity contribution is 5.50. The van der Waals surface area contributed by atoms with Crippen LogP contribution in [0.2, 0.25) is 0 Å². The maximum absolute atomic E-state index is 9.45. The molecule has 1 aliphatic heterocycles. The first kappa shape index (κ1) is 12.4. The first-order valence-corrected chi connectivity index (χ1v) is 6.36. The van der Waals surface area contributed by atoms with E-state index in [4.69, 9.17) is 5.73 Å². The van der Waals surface area contributed by atoms with Crippen molar-refractivity contribution in [2.75, 3.05) is 18.1 Å². The van der Waals surface area contributed by atoms with Gasteiger partial charge >= 0.3 is 0 Å². The van der Waals surface area contributed by atoms with Crippen LogP contribution in [0.5, 0.6) is 0 Å². The maximum atomic E-state index is 9.45. The number of aliphatic hydroxyl groups is 1. The van der Waals surface area contributed by atoms with Gasteiger partial charge in [-0.25, -0.2) is 0 Å². The van der Waals surface area contributed by atoms with E-state index >= 15 is 0 Å². The molecule has 2 rings (SSSR count). The lowest BCUT2D eigenvalue weighted by Gasteiger charge is -2.27. The molecule has 0 amide bonds. The van der Waals surface area contributed by atoms with Crippen molar-refractivity contribution in [3.8, 4) is 0 Å². The Morgan fingerprint density at radius 2 is 2.06 bits per heavy atom. The number of aliphatic hydroxyl groups excluding tert-OH is 1. The molecule has 0 saturated carbocycles. The Balaban J connectivity index is 2.17. The number of nitrogens with zero attached hydrogens (tertiary/aromatic N) is 1. The molecule has 1 aliphatic rings. The molecule has 3 N–H and O–H groups in total. The minimum Gasteiger partial charge on any atom is -0.394 e. The number of hydrogen-bond donors (Lipinski definition) is 2. The second kappa shape index (κ2) is 5.07. The normalized spacial score (nSPS) is 26.2. The molecule has 3 unspecified atom stereocenters. The first-order valence-electron chi connectivity index (χ1n) is 6.36. The van der Waals surface area contributed by atoms with Crippen LogP contribution in [0.1, 0.15) is 31.9 Å². The van der Waals surface area contributed by atoms with Crippen molar-refractivity contribution in [1.82, 2.24) is 0 Å². The minimum atomic E-state index is 0.0789. The topological polar surface area (TPSA) is 49.5 Å². The Kier molecular flexibility index (Phi) is 3.69. The quantitative estimate of drug-likeness (QED) is 0.840. The Hall–Kier alpha value is -1.06. The summed E-state index contributed by atoms with van der Waals surface area (Å²) in [4.78, 5) is 2.30. The summed E-state index contributed by atoms with van der Waals surface area (Å²) in [5.41, 5.74) is 8.19. The highest BCUT2D eigenvalue weighted by atomic mass is 16.3. The molecule has 94 valence electrons. The van der Waals surface area contributed by atoms with E-state index in [-0.39, 0.29) is 18.7 Å². The van der Waals surface area contributed by atoms with Gasteiger partial charge in [0.25, 0.3) is 0 Å². The van der Waals surface area contributed by atoms with E-state index < -0.39 is 0 Å². The van der Waals surface area contributed by atoms with E-state index in [1.807, 2.05) is 6.92 Å². The van der Waals surface area contributed by atoms with E-state index in [1.54, 1.807) is 0 Å². The summed E-state index contributed by atoms with van der Waals surface area (Å²) in [6, 6.07) is 8.72. The largest absolute Gasteiger partial charge is 0.394 e. The van der Waals surface area contributed by atoms with Crippen LogP contribution in [-0.2, 0) is 0 Å². The molecule has 0 spiro atoms. The van der Waals surface area contributed by atoms with Crippen molar-refractivity contribution < 1.29 is 5.11 Å². The third-order valence-electron chi connectivity index (χ3n) is 3.82. The molecule has 0 aliphatic carbocycles. The van der Waals surface area contributed by atoms with E-state index in [0.717, 1.165) is 18.5 Å². The van der Waals surface area contributed by atoms with Gasteiger partial charge in [-0.05, 0) is 37.0 Å². The first-order chi connectivity index (χ1) is 8.13. The molecule has 3 nitrogen and oxygen atoms in total. The molecule has 1 heterocycles. The van der Waals surface area contributed by atoms with Crippen molar-refractivity contribution in [3.63, 3.8) is 0 Å². The SMILES string of the molecule is CC(N)c1ccc(N2CCC(C)C2CO)cc1. The van der Waals surface area contributed by atoms with Crippen LogP contribution in [0, 0.1) is 5.92 Å². The zero-order valence-corrected chi connectivity index (χ0v) is 10.6. The zero-order valence-electron chi connectivity index (χ0n) is 10.6. The fourth-order valence-corrected chi connectivity index (χ4v) is 2.58. The summed E-state index contributed by atoms with van der Waals surface area (Å²) >= 11 is 0. The summed E-state index contributed by atoms with van der Waals surface area (Å²) in [5, 5.41) is 9.45. The molecular formula is C14H22N2O. The van der Waals surface area contributed by atoms with Gasteiger partial charge in [-0.2, -0.15) is 0 Å². The molecular weight excluding hydrogens is 212 g/mol. The van der Waals surface area contributed by atoms with Crippen LogP contribution in [0.25, 0.3) is 0 Å². The lowest BCUT2D eigenvalue weighted by Crippen LogP contribution is -2.35. The van der Waals surface area contributed by atoms with E-state index in [1.165, 1.54) is 5.69 Å². The van der Waals surface area contributed by atoms with Gasteiger partial charge < -0.3 is 15.7 Å². The Morgan fingerprint density at radius 1 is 1.41 bits per heavy atom. The standard InChI is InChI=1S/C14H22N2O/c1-10-7-8-16(14(10)9-17)13-5-3-12(4-6-13)11(2)15/h3-6,10-11,14,17H,7-9,15H2,1-2H3. The third-order valence-corrected chi connectivity index (χ3v) is 3.82. The molecule has 17 heavy (non-hydrogen) atoms. The number of anilines is 1. The van der Waals surface area contributed by atoms with Crippen LogP contribution in [0.3, 0.4) is 0 Å². The molecule has 1 saturated heterocycles. The predicted octanol–water partition coefficient (Wildman–Crippen LogP) is 1.91. The van der Waals surface area contributed by atoms with Gasteiger partial charge in [0.05, 0.1) is 12.6 Å². The average molecular weight is 234 g/mol. The van der Waals surface area contributed by atoms with Crippen LogP contribution >= 0.6 is 0 Å². The number of hydrogen-bond acceptors (Lipinski definition) is 3. The van der Waals surface area contributed by atoms with Gasteiger partial charge in [-0.1, -0.05) is 19.1 Å². The summed E-state index contributed by atoms with van der Waals surface area (Å²) in [5.74, 6) is 0.563. The van der Waals surface area contributed by atoms with Gasteiger partial charge in [-0.3, -0.25) is 0 Å². The molecule has 1 fully saturated rings. The Bertz CT molecular complexity index is 361. The van der Waals surface area contributed by atoms with Gasteiger partial charge in [0.1, 0.15) is 0 Å². The second-order valence-electron chi connectivity index (χ2n) is 5.09. The van der Waals surface area contributed by atoms with Crippen molar-refractivity contribution in [1.29, 1.82) is 0 Å². The fraction of sp³-hybridized carbons (Fsp3) is 0.571. The van der Waals surface area contributed by atoms with E-state index in [2.05, 4.69) is 36.1 Å². The summed E-state index contributed by atoms with van der Waals surface area (Å²) < 4.78 is 0. The fourth-order valence-electron chi connectivity index (χ4n) is 2.58. The lowest BCUT2D eigenvalue weighted by molar-refractivity contribution is 0.245. The van der Waals surface area contributed by atoms with Crippen LogP contribution in [0.15, 0.2) is 24.3 Å². The van der Waals surface area contributed by atoms with E-state index in [0.29, 0.717) is 5.92 Å². The molecule has 1 aromatic rings. The maximum Gasteiger partial charge on any atom is 0.0637 e. The summed E-state index contributed by atoms with van der Waals surface area (Å²) in [6.45, 7) is 5.46. The van der Waals surface area contributed by atoms with Gasteiger partial charge in [0.2, 0.25) is 0 Å². The minimum absolute atomic E-state index is 0.0789. The molecule has 0 aromatic heterocycles. The molecule has 3 atom stereocenters. The number of rotatable bonds is 3. The van der Waals surface area contributed by atoms with Crippen molar-refractivity contribution in [3.05, 3.63) is 29.8 Å². The highest BCUT2D eigenvalue weighted by Gasteiger charge is 2.30. The average Bonchev–Trinajstić information content (AvgIpc) is 2.70. The van der Waals surface area contributed by atoms with Gasteiger partial charge in [0, 0.05) is 18.3 Å². The monoisotopic (exact) mass is 234 g/mol. The summed E-state index contributed by atoms with van der Waals surface area (Å²) in [7, 11) is 0. The van der Waals surface area contributed by atoms with Gasteiger partial charge in [-0.15, -0.1) is 0 Å². The lowest BCUT2D eigenvalue weighted by atomic mass is 10.0. The van der Waals surface area contributed by atoms with Crippen molar-refractivity contribution in [2.45, 2.75) is 32.4 Å². The molecule has 3 heteroatoms. The van der Waals surface area contributed by atoms with E-state index in [9.17, 15) is 5.11 Å². The predicted molar refractivity (Wildman–Crippen MR) is 71.0 cm³/mol. The number of benzene rings is 1. The van der Waals surface area contributed by atoms with Crippen LogP contribution in [0.4, 0.5) is 5.69 Å². The highest BCUT2D eigenvalue weighted by Crippen LogP contribution is 2.29. The number of nitrogens with two attached hydrogens (primary N) is 1. The van der Waals surface area contributed by atoms with Crippen LogP contribution in [-0.4, -0.2) is 24.3 Å². The van der Waals surface area contributed by atoms with Crippen molar-refractivity contribution in [2.24, 2.45) is 11.7 Å². The third kappa shape index (κ3) is 2.45. The molecule has 0 bridgehead atoms. The van der Waals surface area contributed by atoms with Crippen LogP contribution < -0.4 is 10.6 Å². The Morgan fingerprint density at radius 3 is 2.59 bits per heavy atom. The van der Waals surface area contributed by atoms with Crippen molar-refractivity contribution >= 4 is 5.69 Å². The smallest absolute Gasteiger partial charge is 0.0637 e. The zero-order chi connectivity index (χ0) is 12.4. The molecule has 1 aromatic carbocycles. The summed E-state index contributed by atoms with van der Waals surface area (Å²) in [6.07, 6.45) is 1.15. The Labute approximate surface area is 103 Å².